The first-order valence-electron chi connectivity index (χ1n) is 8.80. The van der Waals surface area contributed by atoms with Crippen molar-refractivity contribution in [2.24, 2.45) is 0 Å². The monoisotopic (exact) mass is 410 g/mol. The zero-order valence-electron chi connectivity index (χ0n) is 15.6. The maximum atomic E-state index is 12.5. The number of carbonyl (C=O) groups is 2. The lowest BCUT2D eigenvalue weighted by Gasteiger charge is -2.32. The van der Waals surface area contributed by atoms with Gasteiger partial charge in [0.05, 0.1) is 5.69 Å². The van der Waals surface area contributed by atoms with Gasteiger partial charge in [0.25, 0.3) is 0 Å². The lowest BCUT2D eigenvalue weighted by Crippen LogP contribution is -2.47. The van der Waals surface area contributed by atoms with E-state index in [-0.39, 0.29) is 11.9 Å². The molecule has 0 radical (unpaired) electrons. The van der Waals surface area contributed by atoms with Gasteiger partial charge in [-0.3, -0.25) is 9.20 Å². The molecule has 2 aromatic rings. The number of likely N-dealkylation sites (tertiary alicyclic amines) is 1. The van der Waals surface area contributed by atoms with Crippen molar-refractivity contribution in [3.05, 3.63) is 28.5 Å². The number of rotatable bonds is 3. The summed E-state index contributed by atoms with van der Waals surface area (Å²) in [6.07, 6.45) is 6.07. The minimum Gasteiger partial charge on any atom is -0.444 e. The van der Waals surface area contributed by atoms with Crippen LogP contribution in [0.5, 0.6) is 0 Å². The van der Waals surface area contributed by atoms with Gasteiger partial charge >= 0.3 is 6.09 Å². The van der Waals surface area contributed by atoms with Crippen LogP contribution in [0.15, 0.2) is 17.7 Å². The van der Waals surface area contributed by atoms with Crippen molar-refractivity contribution >= 4 is 46.0 Å². The second kappa shape index (κ2) is 7.90. The molecule has 2 aromatic heterocycles. The zero-order chi connectivity index (χ0) is 19.6. The molecule has 0 atom stereocenters. The Balaban J connectivity index is 1.52. The highest BCUT2D eigenvalue weighted by molar-refractivity contribution is 7.15. The molecule has 0 unspecified atom stereocenters. The summed E-state index contributed by atoms with van der Waals surface area (Å²) in [4.78, 5) is 31.1. The molecule has 1 aliphatic rings. The van der Waals surface area contributed by atoms with Crippen LogP contribution in [0.25, 0.3) is 11.0 Å². The molecule has 7 nitrogen and oxygen atoms in total. The number of halogens is 1. The molecule has 27 heavy (non-hydrogen) atoms. The molecule has 2 amide bonds. The fraction of sp³-hybridized carbons (Fsp3) is 0.500. The van der Waals surface area contributed by atoms with Crippen LogP contribution < -0.4 is 5.32 Å². The topological polar surface area (TPSA) is 75.9 Å². The Morgan fingerprint density at radius 3 is 2.74 bits per heavy atom. The van der Waals surface area contributed by atoms with E-state index in [2.05, 4.69) is 10.3 Å². The van der Waals surface area contributed by atoms with E-state index in [1.807, 2.05) is 36.7 Å². The molecule has 1 fully saturated rings. The first-order chi connectivity index (χ1) is 12.7. The maximum Gasteiger partial charge on any atom is 0.407 e. The predicted octanol–water partition coefficient (Wildman–Crippen LogP) is 3.58. The Hall–Kier alpha value is -2.06. The first-order valence-corrected chi connectivity index (χ1v) is 10.1. The molecule has 1 saturated heterocycles. The first kappa shape index (κ1) is 19.7. The molecule has 0 spiro atoms. The van der Waals surface area contributed by atoms with Crippen molar-refractivity contribution < 1.29 is 14.3 Å². The number of aromatic nitrogens is 2. The van der Waals surface area contributed by atoms with Crippen molar-refractivity contribution in [2.45, 2.75) is 45.3 Å². The Morgan fingerprint density at radius 1 is 1.37 bits per heavy atom. The summed E-state index contributed by atoms with van der Waals surface area (Å²) in [5, 5.41) is 5.17. The van der Waals surface area contributed by atoms with Gasteiger partial charge in [-0.2, -0.15) is 0 Å². The number of nitrogens with zero attached hydrogens (tertiary/aromatic N) is 3. The lowest BCUT2D eigenvalue weighted by molar-refractivity contribution is -0.127. The number of alkyl carbamates (subject to hydrolysis) is 1. The van der Waals surface area contributed by atoms with Crippen LogP contribution in [0.3, 0.4) is 0 Å². The average molecular weight is 411 g/mol. The fourth-order valence-electron chi connectivity index (χ4n) is 2.90. The van der Waals surface area contributed by atoms with E-state index in [1.54, 1.807) is 11.0 Å². The summed E-state index contributed by atoms with van der Waals surface area (Å²) < 4.78 is 7.13. The predicted molar refractivity (Wildman–Crippen MR) is 106 cm³/mol. The van der Waals surface area contributed by atoms with E-state index in [0.717, 1.165) is 4.96 Å². The van der Waals surface area contributed by atoms with Gasteiger partial charge in [-0.05, 0) is 39.7 Å². The lowest BCUT2D eigenvalue weighted by atomic mass is 10.1. The summed E-state index contributed by atoms with van der Waals surface area (Å²) in [6, 6.07) is 0.0163. The number of piperidine rings is 1. The summed E-state index contributed by atoms with van der Waals surface area (Å²) in [5.41, 5.74) is 0.178. The highest BCUT2D eigenvalue weighted by atomic mass is 35.5. The van der Waals surface area contributed by atoms with E-state index >= 15 is 0 Å². The van der Waals surface area contributed by atoms with E-state index in [4.69, 9.17) is 16.3 Å². The molecular formula is C18H23ClN4O3S. The second-order valence-corrected chi connectivity index (χ2v) is 8.65. The molecule has 0 saturated carbocycles. The number of fused-ring (bicyclic) bond motifs is 1. The fourth-order valence-corrected chi connectivity index (χ4v) is 3.91. The Labute approximate surface area is 167 Å². The largest absolute Gasteiger partial charge is 0.444 e. The van der Waals surface area contributed by atoms with Crippen LogP contribution in [-0.4, -0.2) is 51.0 Å². The molecule has 1 aliphatic heterocycles. The van der Waals surface area contributed by atoms with Crippen LogP contribution in [0.2, 0.25) is 5.15 Å². The number of carbonyl (C=O) groups excluding carboxylic acids is 2. The van der Waals surface area contributed by atoms with Gasteiger partial charge in [0.1, 0.15) is 5.60 Å². The van der Waals surface area contributed by atoms with Crippen molar-refractivity contribution in [1.82, 2.24) is 19.6 Å². The molecular weight excluding hydrogens is 388 g/mol. The summed E-state index contributed by atoms with van der Waals surface area (Å²) in [5.74, 6) is -0.0769. The normalized spacial score (nSPS) is 16.2. The van der Waals surface area contributed by atoms with Gasteiger partial charge < -0.3 is 15.0 Å². The van der Waals surface area contributed by atoms with Crippen LogP contribution >= 0.6 is 22.9 Å². The highest BCUT2D eigenvalue weighted by Crippen LogP contribution is 2.22. The smallest absolute Gasteiger partial charge is 0.407 e. The molecule has 146 valence electrons. The van der Waals surface area contributed by atoms with Crippen LogP contribution in [0.1, 0.15) is 39.3 Å². The van der Waals surface area contributed by atoms with Crippen LogP contribution in [0, 0.1) is 0 Å². The van der Waals surface area contributed by atoms with Gasteiger partial charge in [0.2, 0.25) is 5.91 Å². The number of imidazole rings is 1. The quantitative estimate of drug-likeness (QED) is 0.784. The van der Waals surface area contributed by atoms with Gasteiger partial charge in [-0.1, -0.05) is 11.6 Å². The molecule has 3 rings (SSSR count). The van der Waals surface area contributed by atoms with E-state index in [1.165, 1.54) is 17.4 Å². The van der Waals surface area contributed by atoms with Crippen molar-refractivity contribution in [1.29, 1.82) is 0 Å². The van der Waals surface area contributed by atoms with Gasteiger partial charge in [0, 0.05) is 36.8 Å². The Bertz CT molecular complexity index is 860. The number of amides is 2. The molecule has 0 bridgehead atoms. The van der Waals surface area contributed by atoms with Gasteiger partial charge in [0.15, 0.2) is 10.1 Å². The van der Waals surface area contributed by atoms with E-state index in [0.29, 0.717) is 36.8 Å². The van der Waals surface area contributed by atoms with E-state index in [9.17, 15) is 9.59 Å². The van der Waals surface area contributed by atoms with Crippen molar-refractivity contribution in [3.8, 4) is 0 Å². The van der Waals surface area contributed by atoms with Gasteiger partial charge in [-0.25, -0.2) is 9.78 Å². The third-order valence-electron chi connectivity index (χ3n) is 4.17. The Kier molecular flexibility index (Phi) is 5.76. The minimum absolute atomic E-state index is 0.0163. The zero-order valence-corrected chi connectivity index (χ0v) is 17.1. The molecule has 0 aromatic carbocycles. The molecule has 1 N–H and O–H groups in total. The standard InChI is InChI=1S/C18H23ClN4O3S/c1-18(2,3)26-17(25)20-12-6-8-22(9-7-12)14(24)5-4-13-15(19)21-16-23(13)10-11-27-16/h4-5,10-12H,6-9H2,1-3H3,(H,20,25)/b5-4+. The van der Waals surface area contributed by atoms with Gasteiger partial charge in [-0.15, -0.1) is 11.3 Å². The average Bonchev–Trinajstić information content (AvgIpc) is 3.12. The SMILES string of the molecule is CC(C)(C)OC(=O)NC1CCN(C(=O)/C=C/c2c(Cl)nc3sccn23)CC1. The highest BCUT2D eigenvalue weighted by Gasteiger charge is 2.25. The summed E-state index contributed by atoms with van der Waals surface area (Å²) in [7, 11) is 0. The third-order valence-corrected chi connectivity index (χ3v) is 5.20. The van der Waals surface area contributed by atoms with Crippen LogP contribution in [-0.2, 0) is 9.53 Å². The molecule has 3 heterocycles. The Morgan fingerprint density at radius 2 is 2.07 bits per heavy atom. The second-order valence-electron chi connectivity index (χ2n) is 7.42. The third kappa shape index (κ3) is 5.01. The van der Waals surface area contributed by atoms with Crippen LogP contribution in [0.4, 0.5) is 4.79 Å². The van der Waals surface area contributed by atoms with E-state index < -0.39 is 11.7 Å². The summed E-state index contributed by atoms with van der Waals surface area (Å²) >= 11 is 7.62. The number of ether oxygens (including phenoxy) is 1. The number of hydrogen-bond acceptors (Lipinski definition) is 5. The maximum absolute atomic E-state index is 12.5. The number of nitrogens with one attached hydrogen (secondary N) is 1. The van der Waals surface area contributed by atoms with Crippen molar-refractivity contribution in [3.63, 3.8) is 0 Å². The molecule has 9 heteroatoms. The minimum atomic E-state index is -0.519. The number of thiazole rings is 1. The number of hydrogen-bond donors (Lipinski definition) is 1. The molecule has 0 aliphatic carbocycles. The summed E-state index contributed by atoms with van der Waals surface area (Å²) in [6.45, 7) is 6.65. The van der Waals surface area contributed by atoms with Crippen molar-refractivity contribution in [2.75, 3.05) is 13.1 Å².